The van der Waals surface area contributed by atoms with Crippen molar-refractivity contribution < 1.29 is 4.79 Å². The van der Waals surface area contributed by atoms with Crippen LogP contribution in [0.2, 0.25) is 0 Å². The fourth-order valence-corrected chi connectivity index (χ4v) is 2.19. The summed E-state index contributed by atoms with van der Waals surface area (Å²) < 4.78 is 0. The summed E-state index contributed by atoms with van der Waals surface area (Å²) in [6, 6.07) is 9.70. The Morgan fingerprint density at radius 3 is 2.71 bits per heavy atom. The molecule has 17 heavy (non-hydrogen) atoms. The van der Waals surface area contributed by atoms with Crippen LogP contribution in [0.4, 0.5) is 0 Å². The first-order valence-electron chi connectivity index (χ1n) is 5.59. The molecule has 0 radical (unpaired) electrons. The number of amides is 1. The van der Waals surface area contributed by atoms with Gasteiger partial charge in [0.25, 0.3) is 5.91 Å². The van der Waals surface area contributed by atoms with Crippen LogP contribution >= 0.6 is 23.4 Å². The van der Waals surface area contributed by atoms with Gasteiger partial charge in [0.05, 0.1) is 4.91 Å². The maximum Gasteiger partial charge on any atom is 0.258 e. The Morgan fingerprint density at radius 1 is 1.41 bits per heavy atom. The highest BCUT2D eigenvalue weighted by Crippen LogP contribution is 2.26. The zero-order valence-corrected chi connectivity index (χ0v) is 11.4. The maximum absolute atomic E-state index is 11.8. The van der Waals surface area contributed by atoms with E-state index in [0.717, 1.165) is 17.7 Å². The highest BCUT2D eigenvalue weighted by molar-refractivity contribution is 8.04. The second-order valence-electron chi connectivity index (χ2n) is 3.50. The van der Waals surface area contributed by atoms with Gasteiger partial charge in [-0.2, -0.15) is 0 Å². The zero-order valence-electron chi connectivity index (χ0n) is 9.78. The molecule has 92 valence electrons. The van der Waals surface area contributed by atoms with E-state index in [2.05, 4.69) is 12.2 Å². The zero-order chi connectivity index (χ0) is 12.5. The Kier molecular flexibility index (Phi) is 6.82. The monoisotopic (exact) mass is 269 g/mol. The molecule has 0 saturated carbocycles. The summed E-state index contributed by atoms with van der Waals surface area (Å²) in [6.45, 7) is 2.78. The van der Waals surface area contributed by atoms with Crippen LogP contribution < -0.4 is 5.32 Å². The summed E-state index contributed by atoms with van der Waals surface area (Å²) in [6.07, 6.45) is 2.04. The SMILES string of the molecule is CCCCNC(=O)/C(=C/Cl)Sc1ccccc1. The lowest BCUT2D eigenvalue weighted by Crippen LogP contribution is -2.24. The van der Waals surface area contributed by atoms with Crippen molar-refractivity contribution >= 4 is 29.3 Å². The van der Waals surface area contributed by atoms with Crippen molar-refractivity contribution in [1.82, 2.24) is 5.32 Å². The number of nitrogens with one attached hydrogen (secondary N) is 1. The number of carbonyl (C=O) groups is 1. The molecule has 4 heteroatoms. The third kappa shape index (κ3) is 5.29. The number of hydrogen-bond acceptors (Lipinski definition) is 2. The van der Waals surface area contributed by atoms with Crippen LogP contribution in [0.1, 0.15) is 19.8 Å². The number of thioether (sulfide) groups is 1. The lowest BCUT2D eigenvalue weighted by Gasteiger charge is -2.07. The van der Waals surface area contributed by atoms with Gasteiger partial charge in [-0.15, -0.1) is 0 Å². The first kappa shape index (κ1) is 14.1. The van der Waals surface area contributed by atoms with Crippen LogP contribution in [0.15, 0.2) is 45.7 Å². The fraction of sp³-hybridized carbons (Fsp3) is 0.308. The first-order chi connectivity index (χ1) is 8.27. The molecule has 0 aliphatic rings. The standard InChI is InChI=1S/C13H16ClNOS/c1-2-3-9-15-13(16)12(10-14)17-11-7-5-4-6-8-11/h4-8,10H,2-3,9H2,1H3,(H,15,16)/b12-10-. The molecule has 0 heterocycles. The molecule has 0 aromatic heterocycles. The fourth-order valence-electron chi connectivity index (χ4n) is 1.20. The average molecular weight is 270 g/mol. The van der Waals surface area contributed by atoms with E-state index >= 15 is 0 Å². The van der Waals surface area contributed by atoms with Gasteiger partial charge in [0, 0.05) is 17.0 Å². The summed E-state index contributed by atoms with van der Waals surface area (Å²) in [5, 5.41) is 2.84. The van der Waals surface area contributed by atoms with Crippen molar-refractivity contribution in [2.24, 2.45) is 0 Å². The van der Waals surface area contributed by atoms with E-state index in [1.165, 1.54) is 17.3 Å². The third-order valence-corrected chi connectivity index (χ3v) is 3.49. The van der Waals surface area contributed by atoms with Crippen LogP contribution in [-0.2, 0) is 4.79 Å². The summed E-state index contributed by atoms with van der Waals surface area (Å²) in [7, 11) is 0. The quantitative estimate of drug-likeness (QED) is 0.484. The topological polar surface area (TPSA) is 29.1 Å². The van der Waals surface area contributed by atoms with Gasteiger partial charge >= 0.3 is 0 Å². The molecule has 0 saturated heterocycles. The number of benzene rings is 1. The van der Waals surface area contributed by atoms with Crippen molar-refractivity contribution in [2.75, 3.05) is 6.54 Å². The van der Waals surface area contributed by atoms with Crippen molar-refractivity contribution in [3.63, 3.8) is 0 Å². The summed E-state index contributed by atoms with van der Waals surface area (Å²) >= 11 is 7.05. The molecular weight excluding hydrogens is 254 g/mol. The molecule has 0 atom stereocenters. The van der Waals surface area contributed by atoms with Gasteiger partial charge in [0.15, 0.2) is 0 Å². The Balaban J connectivity index is 2.52. The molecule has 1 aromatic rings. The molecule has 0 spiro atoms. The highest BCUT2D eigenvalue weighted by atomic mass is 35.5. The van der Waals surface area contributed by atoms with Gasteiger partial charge < -0.3 is 5.32 Å². The Labute approximate surface area is 111 Å². The maximum atomic E-state index is 11.8. The number of rotatable bonds is 6. The minimum Gasteiger partial charge on any atom is -0.352 e. The minimum atomic E-state index is -0.109. The molecule has 1 amide bonds. The second kappa shape index (κ2) is 8.20. The average Bonchev–Trinajstić information content (AvgIpc) is 2.37. The molecule has 1 aromatic carbocycles. The predicted octanol–water partition coefficient (Wildman–Crippen LogP) is 3.78. The highest BCUT2D eigenvalue weighted by Gasteiger charge is 2.09. The summed E-state index contributed by atoms with van der Waals surface area (Å²) in [5.74, 6) is -0.109. The lowest BCUT2D eigenvalue weighted by atomic mass is 10.3. The van der Waals surface area contributed by atoms with E-state index in [1.54, 1.807) is 0 Å². The van der Waals surface area contributed by atoms with E-state index in [-0.39, 0.29) is 5.91 Å². The van der Waals surface area contributed by atoms with Crippen LogP contribution in [0.25, 0.3) is 0 Å². The molecular formula is C13H16ClNOS. The van der Waals surface area contributed by atoms with Gasteiger partial charge in [0.1, 0.15) is 0 Å². The molecule has 0 bridgehead atoms. The van der Waals surface area contributed by atoms with E-state index < -0.39 is 0 Å². The third-order valence-electron chi connectivity index (χ3n) is 2.11. The molecule has 1 N–H and O–H groups in total. The minimum absolute atomic E-state index is 0.109. The number of halogens is 1. The predicted molar refractivity (Wildman–Crippen MR) is 74.2 cm³/mol. The molecule has 0 fully saturated rings. The van der Waals surface area contributed by atoms with E-state index in [4.69, 9.17) is 11.6 Å². The Morgan fingerprint density at radius 2 is 2.12 bits per heavy atom. The Bertz CT molecular complexity index is 378. The summed E-state index contributed by atoms with van der Waals surface area (Å²) in [5.41, 5.74) is 1.33. The van der Waals surface area contributed by atoms with E-state index in [9.17, 15) is 4.79 Å². The van der Waals surface area contributed by atoms with Gasteiger partial charge in [0.2, 0.25) is 0 Å². The van der Waals surface area contributed by atoms with Crippen LogP contribution in [0, 0.1) is 0 Å². The number of hydrogen-bond donors (Lipinski definition) is 1. The van der Waals surface area contributed by atoms with Gasteiger partial charge in [-0.05, 0) is 18.6 Å². The molecule has 0 unspecified atom stereocenters. The van der Waals surface area contributed by atoms with Crippen molar-refractivity contribution in [3.8, 4) is 0 Å². The normalized spacial score (nSPS) is 11.3. The lowest BCUT2D eigenvalue weighted by molar-refractivity contribution is -0.116. The Hall–Kier alpha value is -0.930. The molecule has 1 rings (SSSR count). The molecule has 0 aliphatic heterocycles. The molecule has 2 nitrogen and oxygen atoms in total. The van der Waals surface area contributed by atoms with Crippen molar-refractivity contribution in [2.45, 2.75) is 24.7 Å². The smallest absolute Gasteiger partial charge is 0.258 e. The second-order valence-corrected chi connectivity index (χ2v) is 4.83. The van der Waals surface area contributed by atoms with Crippen LogP contribution in [0.5, 0.6) is 0 Å². The number of unbranched alkanes of at least 4 members (excludes halogenated alkanes) is 1. The van der Waals surface area contributed by atoms with Crippen molar-refractivity contribution in [3.05, 3.63) is 40.8 Å². The first-order valence-corrected chi connectivity index (χ1v) is 6.84. The van der Waals surface area contributed by atoms with Crippen molar-refractivity contribution in [1.29, 1.82) is 0 Å². The summed E-state index contributed by atoms with van der Waals surface area (Å²) in [4.78, 5) is 13.3. The van der Waals surface area contributed by atoms with Gasteiger partial charge in [-0.1, -0.05) is 54.9 Å². The van der Waals surface area contributed by atoms with Gasteiger partial charge in [-0.25, -0.2) is 0 Å². The van der Waals surface area contributed by atoms with E-state index in [0.29, 0.717) is 11.4 Å². The van der Waals surface area contributed by atoms with Crippen LogP contribution in [0.3, 0.4) is 0 Å². The largest absolute Gasteiger partial charge is 0.352 e. The van der Waals surface area contributed by atoms with E-state index in [1.807, 2.05) is 30.3 Å². The number of carbonyl (C=O) groups excluding carboxylic acids is 1. The van der Waals surface area contributed by atoms with Gasteiger partial charge in [-0.3, -0.25) is 4.79 Å². The van der Waals surface area contributed by atoms with Crippen LogP contribution in [-0.4, -0.2) is 12.5 Å². The molecule has 0 aliphatic carbocycles.